The number of nitrogens with zero attached hydrogens (tertiary/aromatic N) is 2. The molecule has 172 valence electrons. The second-order valence-electron chi connectivity index (χ2n) is 8.12. The van der Waals surface area contributed by atoms with Gasteiger partial charge in [0.2, 0.25) is 0 Å². The number of hydrogen-bond acceptors (Lipinski definition) is 5. The van der Waals surface area contributed by atoms with E-state index in [0.29, 0.717) is 35.2 Å². The molecule has 2 aliphatic rings. The van der Waals surface area contributed by atoms with Crippen LogP contribution in [0.1, 0.15) is 17.2 Å². The van der Waals surface area contributed by atoms with Crippen molar-refractivity contribution >= 4 is 40.4 Å². The number of ether oxygens (including phenoxy) is 1. The zero-order valence-electron chi connectivity index (χ0n) is 18.2. The van der Waals surface area contributed by atoms with Gasteiger partial charge in [-0.15, -0.1) is 0 Å². The quantitative estimate of drug-likeness (QED) is 0.328. The fourth-order valence-electron chi connectivity index (χ4n) is 4.37. The minimum Gasteiger partial charge on any atom is -0.507 e. The van der Waals surface area contributed by atoms with E-state index in [9.17, 15) is 19.1 Å². The second kappa shape index (κ2) is 8.50. The lowest BCUT2D eigenvalue weighted by Gasteiger charge is -2.28. The maximum atomic E-state index is 15.0. The Kier molecular flexibility index (Phi) is 5.49. The summed E-state index contributed by atoms with van der Waals surface area (Å²) in [6.07, 6.45) is 0. The number of amides is 1. The molecular weight excluding hydrogens is 459 g/mol. The summed E-state index contributed by atoms with van der Waals surface area (Å²) in [5.74, 6) is -2.14. The van der Waals surface area contributed by atoms with Crippen LogP contribution in [0.5, 0.6) is 5.75 Å². The number of carbonyl (C=O) groups excluding carboxylic acids is 2. The van der Waals surface area contributed by atoms with Gasteiger partial charge in [0.15, 0.2) is 0 Å². The predicted octanol–water partition coefficient (Wildman–Crippen LogP) is 4.93. The number of carbonyl (C=O) groups is 2. The van der Waals surface area contributed by atoms with Gasteiger partial charge in [0, 0.05) is 28.9 Å². The normalized spacial score (nSPS) is 19.2. The highest BCUT2D eigenvalue weighted by molar-refractivity contribution is 6.51. The molecule has 0 spiro atoms. The van der Waals surface area contributed by atoms with Crippen molar-refractivity contribution < 1.29 is 23.8 Å². The Bertz CT molecular complexity index is 1360. The van der Waals surface area contributed by atoms with Gasteiger partial charge in [0.25, 0.3) is 11.7 Å². The molecule has 34 heavy (non-hydrogen) atoms. The first-order valence-corrected chi connectivity index (χ1v) is 11.0. The van der Waals surface area contributed by atoms with E-state index in [1.54, 1.807) is 42.5 Å². The van der Waals surface area contributed by atoms with E-state index in [1.807, 2.05) is 11.9 Å². The van der Waals surface area contributed by atoms with E-state index in [2.05, 4.69) is 0 Å². The van der Waals surface area contributed by atoms with Crippen molar-refractivity contribution in [2.45, 2.75) is 6.04 Å². The Balaban J connectivity index is 1.72. The van der Waals surface area contributed by atoms with Crippen molar-refractivity contribution in [2.75, 3.05) is 30.0 Å². The van der Waals surface area contributed by atoms with E-state index < -0.39 is 29.3 Å². The second-order valence-corrected chi connectivity index (χ2v) is 8.56. The van der Waals surface area contributed by atoms with Gasteiger partial charge in [-0.3, -0.25) is 14.5 Å². The number of hydrogen-bond donors (Lipinski definition) is 1. The standard InChI is InChI=1S/C26H20ClFN2O4/c1-29-11-12-34-21-10-9-15(13-20(21)29)24(31)22-23(18-7-2-3-8-19(18)28)30(26(33)25(22)32)17-6-4-5-16(27)14-17/h2-10,13-14,23,31H,11-12H2,1H3/b24-22+. The molecular formula is C26H20ClFN2O4. The summed E-state index contributed by atoms with van der Waals surface area (Å²) in [5.41, 5.74) is 1.26. The van der Waals surface area contributed by atoms with Crippen LogP contribution in [0.25, 0.3) is 5.76 Å². The van der Waals surface area contributed by atoms with Gasteiger partial charge in [-0.25, -0.2) is 4.39 Å². The van der Waals surface area contributed by atoms with Crippen LogP contribution in [0.2, 0.25) is 5.02 Å². The van der Waals surface area contributed by atoms with Gasteiger partial charge in [0.05, 0.1) is 23.8 Å². The van der Waals surface area contributed by atoms with Crippen LogP contribution in [0.3, 0.4) is 0 Å². The molecule has 0 bridgehead atoms. The van der Waals surface area contributed by atoms with E-state index >= 15 is 0 Å². The number of halogens is 2. The van der Waals surface area contributed by atoms with Crippen LogP contribution in [0.15, 0.2) is 72.3 Å². The third-order valence-electron chi connectivity index (χ3n) is 6.06. The number of anilines is 2. The topological polar surface area (TPSA) is 70.1 Å². The summed E-state index contributed by atoms with van der Waals surface area (Å²) < 4.78 is 20.6. The van der Waals surface area contributed by atoms with Gasteiger partial charge < -0.3 is 14.7 Å². The SMILES string of the molecule is CN1CCOc2ccc(/C(O)=C3\C(=O)C(=O)N(c4cccc(Cl)c4)C3c3ccccc3F)cc21. The van der Waals surface area contributed by atoms with Crippen molar-refractivity contribution in [2.24, 2.45) is 0 Å². The smallest absolute Gasteiger partial charge is 0.300 e. The third kappa shape index (κ3) is 3.58. The first-order chi connectivity index (χ1) is 16.4. The first kappa shape index (κ1) is 22.0. The molecule has 1 N–H and O–H groups in total. The number of rotatable bonds is 3. The average molecular weight is 479 g/mol. The zero-order chi connectivity index (χ0) is 24.0. The summed E-state index contributed by atoms with van der Waals surface area (Å²) in [7, 11) is 1.89. The molecule has 2 aliphatic heterocycles. The number of ketones is 1. The highest BCUT2D eigenvalue weighted by atomic mass is 35.5. The molecule has 0 aromatic heterocycles. The summed E-state index contributed by atoms with van der Waals surface area (Å²) in [4.78, 5) is 29.6. The fraction of sp³-hybridized carbons (Fsp3) is 0.154. The molecule has 1 unspecified atom stereocenters. The third-order valence-corrected chi connectivity index (χ3v) is 6.29. The van der Waals surface area contributed by atoms with Crippen LogP contribution in [-0.4, -0.2) is 37.0 Å². The van der Waals surface area contributed by atoms with Crippen molar-refractivity contribution in [1.29, 1.82) is 0 Å². The highest BCUT2D eigenvalue weighted by Gasteiger charge is 2.48. The van der Waals surface area contributed by atoms with E-state index in [4.69, 9.17) is 16.3 Å². The molecule has 3 aromatic carbocycles. The summed E-state index contributed by atoms with van der Waals surface area (Å²) in [5, 5.41) is 11.7. The number of aliphatic hydroxyl groups is 1. The van der Waals surface area contributed by atoms with Gasteiger partial charge in [0.1, 0.15) is 23.9 Å². The number of Topliss-reactive ketones (excluding diaryl/α,β-unsaturated/α-hetero) is 1. The first-order valence-electron chi connectivity index (χ1n) is 10.7. The Hall–Kier alpha value is -3.84. The van der Waals surface area contributed by atoms with Crippen LogP contribution < -0.4 is 14.5 Å². The summed E-state index contributed by atoms with van der Waals surface area (Å²) in [6.45, 7) is 1.19. The highest BCUT2D eigenvalue weighted by Crippen LogP contribution is 2.44. The molecule has 6 nitrogen and oxygen atoms in total. The zero-order valence-corrected chi connectivity index (χ0v) is 18.9. The maximum Gasteiger partial charge on any atom is 0.300 e. The van der Waals surface area contributed by atoms with E-state index in [-0.39, 0.29) is 11.1 Å². The van der Waals surface area contributed by atoms with Crippen molar-refractivity contribution in [3.8, 4) is 5.75 Å². The van der Waals surface area contributed by atoms with Crippen LogP contribution in [0, 0.1) is 5.82 Å². The van der Waals surface area contributed by atoms with Crippen molar-refractivity contribution in [3.63, 3.8) is 0 Å². The fourth-order valence-corrected chi connectivity index (χ4v) is 4.55. The van der Waals surface area contributed by atoms with Crippen molar-refractivity contribution in [1.82, 2.24) is 0 Å². The lowest BCUT2D eigenvalue weighted by molar-refractivity contribution is -0.132. The molecule has 2 heterocycles. The van der Waals surface area contributed by atoms with Crippen LogP contribution in [0.4, 0.5) is 15.8 Å². The Morgan fingerprint density at radius 1 is 1.09 bits per heavy atom. The largest absolute Gasteiger partial charge is 0.507 e. The van der Waals surface area contributed by atoms with E-state index in [1.165, 1.54) is 29.2 Å². The lowest BCUT2D eigenvalue weighted by atomic mass is 9.94. The van der Waals surface area contributed by atoms with E-state index in [0.717, 1.165) is 5.69 Å². The molecule has 3 aromatic rings. The molecule has 8 heteroatoms. The summed E-state index contributed by atoms with van der Waals surface area (Å²) in [6, 6.07) is 16.1. The monoisotopic (exact) mass is 478 g/mol. The maximum absolute atomic E-state index is 15.0. The Morgan fingerprint density at radius 3 is 2.65 bits per heavy atom. The van der Waals surface area contributed by atoms with Gasteiger partial charge in [-0.1, -0.05) is 35.9 Å². The molecule has 0 saturated carbocycles. The number of likely N-dealkylation sites (N-methyl/N-ethyl adjacent to an activating group) is 1. The molecule has 1 saturated heterocycles. The minimum atomic E-state index is -1.18. The lowest BCUT2D eigenvalue weighted by Crippen LogP contribution is -2.29. The minimum absolute atomic E-state index is 0.0848. The predicted molar refractivity (Wildman–Crippen MR) is 128 cm³/mol. The number of benzene rings is 3. The van der Waals surface area contributed by atoms with Gasteiger partial charge in [-0.05, 0) is 42.5 Å². The summed E-state index contributed by atoms with van der Waals surface area (Å²) >= 11 is 6.13. The number of fused-ring (bicyclic) bond motifs is 1. The molecule has 0 radical (unpaired) electrons. The van der Waals surface area contributed by atoms with Crippen LogP contribution >= 0.6 is 11.6 Å². The molecule has 1 fully saturated rings. The van der Waals surface area contributed by atoms with Crippen molar-refractivity contribution in [3.05, 3.63) is 94.3 Å². The Morgan fingerprint density at radius 2 is 1.88 bits per heavy atom. The number of aliphatic hydroxyl groups excluding tert-OH is 1. The molecule has 1 amide bonds. The molecule has 1 atom stereocenters. The van der Waals surface area contributed by atoms with Gasteiger partial charge >= 0.3 is 0 Å². The molecule has 5 rings (SSSR count). The average Bonchev–Trinajstić information content (AvgIpc) is 3.09. The van der Waals surface area contributed by atoms with Crippen LogP contribution in [-0.2, 0) is 9.59 Å². The van der Waals surface area contributed by atoms with Gasteiger partial charge in [-0.2, -0.15) is 0 Å². The molecule has 0 aliphatic carbocycles. The Labute approximate surface area is 200 Å².